The average molecular weight is 420 g/mol. The molecule has 1 aliphatic rings. The first-order chi connectivity index (χ1) is 13.3. The smallest absolute Gasteiger partial charge is 0.251 e. The molecule has 6 nitrogen and oxygen atoms in total. The van der Waals surface area contributed by atoms with E-state index in [1.54, 1.807) is 36.4 Å². The lowest BCUT2D eigenvalue weighted by atomic mass is 10.1. The molecular formula is C20H23Cl2N5O. The largest absolute Gasteiger partial charge is 0.398 e. The van der Waals surface area contributed by atoms with Gasteiger partial charge in [0.05, 0.1) is 0 Å². The van der Waals surface area contributed by atoms with Crippen molar-refractivity contribution in [3.8, 4) is 0 Å². The van der Waals surface area contributed by atoms with Gasteiger partial charge in [0.1, 0.15) is 5.84 Å². The van der Waals surface area contributed by atoms with Crippen molar-refractivity contribution in [3.05, 3.63) is 63.1 Å². The van der Waals surface area contributed by atoms with E-state index in [-0.39, 0.29) is 12.5 Å². The van der Waals surface area contributed by atoms with E-state index in [1.807, 2.05) is 4.90 Å². The maximum absolute atomic E-state index is 12.5. The van der Waals surface area contributed by atoms with Crippen molar-refractivity contribution in [2.45, 2.75) is 6.54 Å². The number of likely N-dealkylation sites (N-methyl/N-ethyl adjacent to an activating group) is 1. The second-order valence-electron chi connectivity index (χ2n) is 6.86. The number of anilines is 1. The number of halogens is 2. The summed E-state index contributed by atoms with van der Waals surface area (Å²) in [7, 11) is 2.07. The van der Waals surface area contributed by atoms with Gasteiger partial charge in [-0.05, 0) is 42.9 Å². The number of nitrogens with one attached hydrogen (secondary N) is 2. The second kappa shape index (κ2) is 8.82. The number of hydrogen-bond donors (Lipinski definition) is 3. The third kappa shape index (κ3) is 4.76. The Hall–Kier alpha value is -2.28. The number of hydrogen-bond acceptors (Lipinski definition) is 4. The Kier molecular flexibility index (Phi) is 6.44. The van der Waals surface area contributed by atoms with Crippen LogP contribution in [0.15, 0.2) is 36.4 Å². The van der Waals surface area contributed by atoms with Crippen LogP contribution in [0, 0.1) is 5.41 Å². The van der Waals surface area contributed by atoms with Gasteiger partial charge in [-0.1, -0.05) is 29.3 Å². The highest BCUT2D eigenvalue weighted by Crippen LogP contribution is 2.21. The summed E-state index contributed by atoms with van der Waals surface area (Å²) in [5.41, 5.74) is 8.43. The summed E-state index contributed by atoms with van der Waals surface area (Å²) < 4.78 is 0. The molecule has 1 aliphatic heterocycles. The number of benzene rings is 2. The van der Waals surface area contributed by atoms with Gasteiger partial charge >= 0.3 is 0 Å². The minimum Gasteiger partial charge on any atom is -0.398 e. The van der Waals surface area contributed by atoms with E-state index in [9.17, 15) is 4.79 Å². The second-order valence-corrected chi connectivity index (χ2v) is 7.70. The molecule has 0 saturated carbocycles. The Bertz CT molecular complexity index is 894. The van der Waals surface area contributed by atoms with E-state index in [0.717, 1.165) is 31.7 Å². The Morgan fingerprint density at radius 2 is 1.86 bits per heavy atom. The average Bonchev–Trinajstić information content (AvgIpc) is 2.67. The van der Waals surface area contributed by atoms with Crippen LogP contribution in [0.4, 0.5) is 5.69 Å². The molecule has 0 unspecified atom stereocenters. The van der Waals surface area contributed by atoms with Gasteiger partial charge in [0.2, 0.25) is 0 Å². The van der Waals surface area contributed by atoms with E-state index >= 15 is 0 Å². The Morgan fingerprint density at radius 3 is 2.50 bits per heavy atom. The zero-order valence-corrected chi connectivity index (χ0v) is 17.1. The van der Waals surface area contributed by atoms with E-state index in [1.165, 1.54) is 0 Å². The van der Waals surface area contributed by atoms with Gasteiger partial charge in [-0.25, -0.2) is 0 Å². The van der Waals surface area contributed by atoms with Gasteiger partial charge in [-0.3, -0.25) is 10.2 Å². The fourth-order valence-corrected chi connectivity index (χ4v) is 3.54. The minimum atomic E-state index is -0.254. The summed E-state index contributed by atoms with van der Waals surface area (Å²) in [6.45, 7) is 3.69. The molecule has 8 heteroatoms. The van der Waals surface area contributed by atoms with Crippen molar-refractivity contribution in [1.29, 1.82) is 5.41 Å². The summed E-state index contributed by atoms with van der Waals surface area (Å²) in [6.07, 6.45) is 0. The first-order valence-electron chi connectivity index (χ1n) is 8.99. The molecule has 1 saturated heterocycles. The van der Waals surface area contributed by atoms with Crippen LogP contribution in [0.2, 0.25) is 10.0 Å². The number of nitrogens with zero attached hydrogens (tertiary/aromatic N) is 2. The van der Waals surface area contributed by atoms with Crippen LogP contribution >= 0.6 is 23.2 Å². The molecule has 4 N–H and O–H groups in total. The summed E-state index contributed by atoms with van der Waals surface area (Å²) in [4.78, 5) is 16.7. The normalized spacial score (nSPS) is 14.8. The van der Waals surface area contributed by atoms with Crippen LogP contribution in [-0.4, -0.2) is 54.8 Å². The summed E-state index contributed by atoms with van der Waals surface area (Å²) in [5.74, 6) is 0.140. The van der Waals surface area contributed by atoms with Crippen LogP contribution in [0.25, 0.3) is 0 Å². The monoisotopic (exact) mass is 419 g/mol. The minimum absolute atomic E-state index is 0.254. The van der Waals surface area contributed by atoms with Crippen molar-refractivity contribution in [2.24, 2.45) is 0 Å². The number of nitrogen functional groups attached to an aromatic ring is 1. The first-order valence-corrected chi connectivity index (χ1v) is 9.75. The number of rotatable bonds is 4. The zero-order valence-electron chi connectivity index (χ0n) is 15.6. The molecule has 0 bridgehead atoms. The van der Waals surface area contributed by atoms with Crippen LogP contribution < -0.4 is 11.1 Å². The topological polar surface area (TPSA) is 85.5 Å². The summed E-state index contributed by atoms with van der Waals surface area (Å²) >= 11 is 12.0. The molecule has 0 spiro atoms. The van der Waals surface area contributed by atoms with Gasteiger partial charge in [-0.2, -0.15) is 0 Å². The van der Waals surface area contributed by atoms with Crippen LogP contribution in [-0.2, 0) is 6.54 Å². The molecule has 0 atom stereocenters. The molecule has 0 aromatic heterocycles. The molecular weight excluding hydrogens is 397 g/mol. The first kappa shape index (κ1) is 20.5. The molecule has 0 radical (unpaired) electrons. The van der Waals surface area contributed by atoms with Crippen molar-refractivity contribution >= 4 is 40.6 Å². The SMILES string of the molecule is CN1CCN(C(=N)c2ccc(C(=O)NCc3ccc(Cl)cc3Cl)cc2N)CC1. The number of carbonyl (C=O) groups is 1. The lowest BCUT2D eigenvalue weighted by molar-refractivity contribution is 0.0951. The van der Waals surface area contributed by atoms with Crippen molar-refractivity contribution < 1.29 is 4.79 Å². The van der Waals surface area contributed by atoms with E-state index in [0.29, 0.717) is 32.7 Å². The molecule has 2 aromatic carbocycles. The third-order valence-electron chi connectivity index (χ3n) is 4.84. The fraction of sp³-hybridized carbons (Fsp3) is 0.300. The van der Waals surface area contributed by atoms with E-state index < -0.39 is 0 Å². The maximum atomic E-state index is 12.5. The Balaban J connectivity index is 1.66. The zero-order chi connectivity index (χ0) is 20.3. The van der Waals surface area contributed by atoms with E-state index in [4.69, 9.17) is 34.3 Å². The number of piperazine rings is 1. The van der Waals surface area contributed by atoms with Crippen molar-refractivity contribution in [2.75, 3.05) is 39.0 Å². The fourth-order valence-electron chi connectivity index (χ4n) is 3.06. The Labute approximate surface area is 174 Å². The number of amides is 1. The highest BCUT2D eigenvalue weighted by Gasteiger charge is 2.20. The van der Waals surface area contributed by atoms with Gasteiger partial charge in [-0.15, -0.1) is 0 Å². The molecule has 1 amide bonds. The van der Waals surface area contributed by atoms with Crippen LogP contribution in [0.3, 0.4) is 0 Å². The predicted molar refractivity (Wildman–Crippen MR) is 114 cm³/mol. The third-order valence-corrected chi connectivity index (χ3v) is 5.43. The molecule has 148 valence electrons. The molecule has 0 aliphatic carbocycles. The van der Waals surface area contributed by atoms with Crippen LogP contribution in [0.1, 0.15) is 21.5 Å². The van der Waals surface area contributed by atoms with Crippen molar-refractivity contribution in [1.82, 2.24) is 15.1 Å². The number of carbonyl (C=O) groups excluding carboxylic acids is 1. The molecule has 3 rings (SSSR count). The lowest BCUT2D eigenvalue weighted by Crippen LogP contribution is -2.47. The summed E-state index contributed by atoms with van der Waals surface area (Å²) in [6, 6.07) is 10.2. The van der Waals surface area contributed by atoms with Gasteiger partial charge in [0.15, 0.2) is 0 Å². The number of amidine groups is 1. The molecule has 1 fully saturated rings. The lowest BCUT2D eigenvalue weighted by Gasteiger charge is -2.34. The van der Waals surface area contributed by atoms with Gasteiger partial charge < -0.3 is 20.9 Å². The Morgan fingerprint density at radius 1 is 1.14 bits per heavy atom. The summed E-state index contributed by atoms with van der Waals surface area (Å²) in [5, 5.41) is 12.3. The van der Waals surface area contributed by atoms with Crippen LogP contribution in [0.5, 0.6) is 0 Å². The number of nitrogens with two attached hydrogens (primary N) is 1. The molecule has 28 heavy (non-hydrogen) atoms. The van der Waals surface area contributed by atoms with Crippen molar-refractivity contribution in [3.63, 3.8) is 0 Å². The quantitative estimate of drug-likeness (QED) is 0.403. The molecule has 2 aromatic rings. The maximum Gasteiger partial charge on any atom is 0.251 e. The highest BCUT2D eigenvalue weighted by atomic mass is 35.5. The van der Waals surface area contributed by atoms with E-state index in [2.05, 4.69) is 17.3 Å². The predicted octanol–water partition coefficient (Wildman–Crippen LogP) is 3.08. The molecule has 1 heterocycles. The van der Waals surface area contributed by atoms with Gasteiger partial charge in [0, 0.05) is 59.6 Å². The van der Waals surface area contributed by atoms with Gasteiger partial charge in [0.25, 0.3) is 5.91 Å². The standard InChI is InChI=1S/C20H23Cl2N5O/c1-26-6-8-27(9-7-26)19(24)16-5-3-13(10-18(16)23)20(28)25-12-14-2-4-15(21)11-17(14)22/h2-5,10-11,24H,6-9,12,23H2,1H3,(H,25,28). The highest BCUT2D eigenvalue weighted by molar-refractivity contribution is 6.35.